The Labute approximate surface area is 228 Å². The van der Waals surface area contributed by atoms with Crippen LogP contribution < -0.4 is 26.4 Å². The van der Waals surface area contributed by atoms with E-state index in [1.54, 1.807) is 47.4 Å². The number of nitrogens with one attached hydrogen (secondary N) is 4. The van der Waals surface area contributed by atoms with E-state index < -0.39 is 11.7 Å². The number of rotatable bonds is 8. The highest BCUT2D eigenvalue weighted by Crippen LogP contribution is 2.28. The molecule has 0 saturated carbocycles. The van der Waals surface area contributed by atoms with Gasteiger partial charge in [0.25, 0.3) is 5.91 Å². The van der Waals surface area contributed by atoms with E-state index in [4.69, 9.17) is 16.3 Å². The SMILES string of the molecule is O=C(NNc1ncc(F)c(N2CCOCC2)n1)c1ccc(Nc2cc(Cl)cc(Nc3cccc(O)c3)c2)cn1. The number of carbonyl (C=O) groups is 1. The summed E-state index contributed by atoms with van der Waals surface area (Å²) in [5, 5.41) is 16.6. The van der Waals surface area contributed by atoms with Gasteiger partial charge in [0, 0.05) is 41.2 Å². The maximum absolute atomic E-state index is 14.2. The maximum atomic E-state index is 14.2. The molecule has 3 heterocycles. The summed E-state index contributed by atoms with van der Waals surface area (Å²) in [6.07, 6.45) is 2.55. The van der Waals surface area contributed by atoms with Crippen molar-refractivity contribution in [3.8, 4) is 5.75 Å². The molecule has 13 heteroatoms. The van der Waals surface area contributed by atoms with Crippen molar-refractivity contribution >= 4 is 52.0 Å². The molecular weight excluding hydrogens is 527 g/mol. The van der Waals surface area contributed by atoms with E-state index in [0.29, 0.717) is 54.1 Å². The molecule has 200 valence electrons. The predicted octanol–water partition coefficient (Wildman–Crippen LogP) is 4.45. The van der Waals surface area contributed by atoms with E-state index in [0.717, 1.165) is 6.20 Å². The van der Waals surface area contributed by atoms with Gasteiger partial charge in [-0.05, 0) is 42.5 Å². The second kappa shape index (κ2) is 11.8. The molecule has 1 amide bonds. The van der Waals surface area contributed by atoms with Gasteiger partial charge in [0.2, 0.25) is 5.95 Å². The predicted molar refractivity (Wildman–Crippen MR) is 146 cm³/mol. The molecule has 0 spiro atoms. The summed E-state index contributed by atoms with van der Waals surface area (Å²) in [7, 11) is 0. The van der Waals surface area contributed by atoms with Crippen molar-refractivity contribution < 1.29 is 19.0 Å². The van der Waals surface area contributed by atoms with Crippen LogP contribution >= 0.6 is 11.6 Å². The summed E-state index contributed by atoms with van der Waals surface area (Å²) in [4.78, 5) is 26.6. The number of amides is 1. The molecule has 4 aromatic rings. The van der Waals surface area contributed by atoms with Gasteiger partial charge in [-0.1, -0.05) is 17.7 Å². The number of aromatic hydroxyl groups is 1. The number of hydrazine groups is 1. The number of hydrogen-bond acceptors (Lipinski definition) is 10. The van der Waals surface area contributed by atoms with Gasteiger partial charge in [-0.3, -0.25) is 15.6 Å². The fourth-order valence-corrected chi connectivity index (χ4v) is 4.08. The van der Waals surface area contributed by atoms with Crippen molar-refractivity contribution in [3.05, 3.63) is 83.5 Å². The maximum Gasteiger partial charge on any atom is 0.288 e. The summed E-state index contributed by atoms with van der Waals surface area (Å²) < 4.78 is 19.5. The number of morpholine rings is 1. The Morgan fingerprint density at radius 1 is 0.949 bits per heavy atom. The van der Waals surface area contributed by atoms with Gasteiger partial charge < -0.3 is 25.4 Å². The van der Waals surface area contributed by atoms with Crippen LogP contribution in [-0.2, 0) is 4.74 Å². The minimum atomic E-state index is -0.555. The first-order valence-electron chi connectivity index (χ1n) is 11.9. The molecule has 11 nitrogen and oxygen atoms in total. The molecule has 0 bridgehead atoms. The van der Waals surface area contributed by atoms with Crippen molar-refractivity contribution in [2.45, 2.75) is 0 Å². The minimum Gasteiger partial charge on any atom is -0.508 e. The number of nitrogens with zero attached hydrogens (tertiary/aromatic N) is 4. The van der Waals surface area contributed by atoms with Crippen molar-refractivity contribution in [1.82, 2.24) is 20.4 Å². The third-order valence-electron chi connectivity index (χ3n) is 5.64. The van der Waals surface area contributed by atoms with Gasteiger partial charge in [0.15, 0.2) is 11.6 Å². The Morgan fingerprint density at radius 2 is 1.72 bits per heavy atom. The van der Waals surface area contributed by atoms with Crippen molar-refractivity contribution in [2.24, 2.45) is 0 Å². The molecule has 2 aromatic carbocycles. The standard InChI is InChI=1S/C26H24ClFN8O3/c27-16-10-19(31-17-2-1-3-21(37)13-17)12-20(11-16)32-18-4-5-23(29-14-18)25(38)34-35-26-30-15-22(28)24(33-26)36-6-8-39-9-7-36/h1-5,10-15,31-32,37H,6-9H2,(H,34,38)(H,30,33,35). The van der Waals surface area contributed by atoms with Crippen molar-refractivity contribution in [2.75, 3.05) is 47.3 Å². The minimum absolute atomic E-state index is 0.0422. The van der Waals surface area contributed by atoms with Gasteiger partial charge >= 0.3 is 0 Å². The first-order chi connectivity index (χ1) is 18.9. The van der Waals surface area contributed by atoms with Gasteiger partial charge in [-0.15, -0.1) is 0 Å². The number of phenolic OH excluding ortho intramolecular Hbond substituents is 1. The molecule has 0 radical (unpaired) electrons. The fourth-order valence-electron chi connectivity index (χ4n) is 3.85. The second-order valence-electron chi connectivity index (χ2n) is 8.50. The zero-order valence-corrected chi connectivity index (χ0v) is 21.2. The first kappa shape index (κ1) is 25.9. The highest BCUT2D eigenvalue weighted by molar-refractivity contribution is 6.31. The molecule has 0 unspecified atom stereocenters. The number of phenols is 1. The zero-order chi connectivity index (χ0) is 27.2. The van der Waals surface area contributed by atoms with Crippen LogP contribution in [0, 0.1) is 5.82 Å². The summed E-state index contributed by atoms with van der Waals surface area (Å²) in [6, 6.07) is 15.3. The van der Waals surface area contributed by atoms with Crippen molar-refractivity contribution in [3.63, 3.8) is 0 Å². The number of carbonyl (C=O) groups excluding carboxylic acids is 1. The Bertz CT molecular complexity index is 1470. The quantitative estimate of drug-likeness (QED) is 0.200. The van der Waals surface area contributed by atoms with Crippen LogP contribution in [0.2, 0.25) is 5.02 Å². The van der Waals surface area contributed by atoms with E-state index in [9.17, 15) is 14.3 Å². The Morgan fingerprint density at radius 3 is 2.44 bits per heavy atom. The topological polar surface area (TPSA) is 137 Å². The zero-order valence-electron chi connectivity index (χ0n) is 20.5. The number of aromatic nitrogens is 3. The molecule has 0 aliphatic carbocycles. The highest BCUT2D eigenvalue weighted by Gasteiger charge is 2.18. The number of halogens is 2. The Kier molecular flexibility index (Phi) is 7.85. The number of ether oxygens (including phenoxy) is 1. The summed E-state index contributed by atoms with van der Waals surface area (Å²) >= 11 is 6.28. The summed E-state index contributed by atoms with van der Waals surface area (Å²) in [6.45, 7) is 1.98. The van der Waals surface area contributed by atoms with Gasteiger partial charge in [-0.2, -0.15) is 4.98 Å². The van der Waals surface area contributed by atoms with Gasteiger partial charge in [0.05, 0.1) is 31.3 Å². The van der Waals surface area contributed by atoms with Crippen LogP contribution in [0.4, 0.5) is 38.9 Å². The fraction of sp³-hybridized carbons (Fsp3) is 0.154. The molecule has 1 aliphatic rings. The normalized spacial score (nSPS) is 13.0. The van der Waals surface area contributed by atoms with E-state index in [1.165, 1.54) is 6.20 Å². The number of pyridine rings is 1. The lowest BCUT2D eigenvalue weighted by molar-refractivity contribution is 0.0957. The lowest BCUT2D eigenvalue weighted by Crippen LogP contribution is -2.38. The van der Waals surface area contributed by atoms with Crippen LogP contribution in [0.3, 0.4) is 0 Å². The van der Waals surface area contributed by atoms with Crippen LogP contribution in [0.25, 0.3) is 0 Å². The van der Waals surface area contributed by atoms with Crippen LogP contribution in [-0.4, -0.2) is 52.3 Å². The van der Waals surface area contributed by atoms with Gasteiger partial charge in [0.1, 0.15) is 11.4 Å². The number of anilines is 6. The molecular formula is C26H24ClFN8O3. The van der Waals surface area contributed by atoms with Crippen LogP contribution in [0.1, 0.15) is 10.5 Å². The third-order valence-corrected chi connectivity index (χ3v) is 5.86. The first-order valence-corrected chi connectivity index (χ1v) is 12.3. The highest BCUT2D eigenvalue weighted by atomic mass is 35.5. The largest absolute Gasteiger partial charge is 0.508 e. The third kappa shape index (κ3) is 6.80. The van der Waals surface area contributed by atoms with E-state index in [1.807, 2.05) is 12.1 Å². The van der Waals surface area contributed by atoms with Gasteiger partial charge in [-0.25, -0.2) is 14.4 Å². The van der Waals surface area contributed by atoms with E-state index in [-0.39, 0.29) is 23.2 Å². The molecule has 5 rings (SSSR count). The Hall–Kier alpha value is -4.68. The molecule has 1 aliphatic heterocycles. The lowest BCUT2D eigenvalue weighted by Gasteiger charge is -2.28. The molecule has 1 saturated heterocycles. The number of benzene rings is 2. The van der Waals surface area contributed by atoms with Crippen molar-refractivity contribution in [1.29, 1.82) is 0 Å². The molecule has 39 heavy (non-hydrogen) atoms. The number of hydrogen-bond donors (Lipinski definition) is 5. The van der Waals surface area contributed by atoms with E-state index in [2.05, 4.69) is 36.4 Å². The molecule has 0 atom stereocenters. The Balaban J connectivity index is 1.20. The second-order valence-corrected chi connectivity index (χ2v) is 8.94. The van der Waals surface area contributed by atoms with E-state index >= 15 is 0 Å². The average Bonchev–Trinajstić information content (AvgIpc) is 2.93. The van der Waals surface area contributed by atoms with Crippen LogP contribution in [0.5, 0.6) is 5.75 Å². The average molecular weight is 551 g/mol. The molecule has 5 N–H and O–H groups in total. The monoisotopic (exact) mass is 550 g/mol. The summed E-state index contributed by atoms with van der Waals surface area (Å²) in [5.74, 6) is -0.752. The lowest BCUT2D eigenvalue weighted by atomic mass is 10.2. The smallest absolute Gasteiger partial charge is 0.288 e. The molecule has 2 aromatic heterocycles. The molecule has 1 fully saturated rings. The van der Waals surface area contributed by atoms with Crippen LogP contribution in [0.15, 0.2) is 67.0 Å². The summed E-state index contributed by atoms with van der Waals surface area (Å²) in [5.41, 5.74) is 7.95.